The van der Waals surface area contributed by atoms with E-state index in [0.29, 0.717) is 36.8 Å². The molecule has 2 heterocycles. The fraction of sp³-hybridized carbons (Fsp3) is 0.300. The van der Waals surface area contributed by atoms with Gasteiger partial charge >= 0.3 is 0 Å². The highest BCUT2D eigenvalue weighted by molar-refractivity contribution is 6.22. The van der Waals surface area contributed by atoms with Gasteiger partial charge in [0.25, 0.3) is 17.7 Å². The predicted molar refractivity (Wildman–Crippen MR) is 102 cm³/mol. The number of anilines is 1. The molecule has 3 rings (SSSR count). The van der Waals surface area contributed by atoms with Crippen LogP contribution in [0.5, 0.6) is 5.88 Å². The molecule has 0 saturated heterocycles. The van der Waals surface area contributed by atoms with Crippen LogP contribution in [0.15, 0.2) is 36.5 Å². The van der Waals surface area contributed by atoms with E-state index in [4.69, 9.17) is 9.47 Å². The average Bonchev–Trinajstić information content (AvgIpc) is 2.94. The third kappa shape index (κ3) is 3.86. The Labute approximate surface area is 162 Å². The number of hydrogen-bond donors (Lipinski definition) is 1. The van der Waals surface area contributed by atoms with Crippen LogP contribution in [-0.4, -0.2) is 54.5 Å². The lowest BCUT2D eigenvalue weighted by atomic mass is 10.1. The van der Waals surface area contributed by atoms with E-state index >= 15 is 0 Å². The van der Waals surface area contributed by atoms with Crippen molar-refractivity contribution in [1.82, 2.24) is 9.88 Å². The second-order valence-electron chi connectivity index (χ2n) is 6.11. The maximum Gasteiger partial charge on any atom is 0.261 e. The molecule has 1 aromatic carbocycles. The Hall–Kier alpha value is -3.26. The second kappa shape index (κ2) is 8.62. The van der Waals surface area contributed by atoms with Gasteiger partial charge in [-0.1, -0.05) is 0 Å². The van der Waals surface area contributed by atoms with Crippen LogP contribution in [0.4, 0.5) is 5.69 Å². The maximum absolute atomic E-state index is 12.6. The number of methoxy groups -OCH3 is 1. The van der Waals surface area contributed by atoms with Crippen molar-refractivity contribution in [2.24, 2.45) is 0 Å². The lowest BCUT2D eigenvalue weighted by molar-refractivity contribution is 0.0638. The minimum atomic E-state index is -0.421. The van der Waals surface area contributed by atoms with Crippen molar-refractivity contribution in [2.45, 2.75) is 13.3 Å². The molecule has 8 heteroatoms. The summed E-state index contributed by atoms with van der Waals surface area (Å²) in [5.41, 5.74) is 1.23. The lowest BCUT2D eigenvalue weighted by Crippen LogP contribution is -2.31. The van der Waals surface area contributed by atoms with Gasteiger partial charge in [0.05, 0.1) is 17.7 Å². The fourth-order valence-corrected chi connectivity index (χ4v) is 2.93. The molecule has 0 spiro atoms. The van der Waals surface area contributed by atoms with Crippen molar-refractivity contribution in [1.29, 1.82) is 0 Å². The number of hydrogen-bond acceptors (Lipinski definition) is 6. The molecule has 0 bridgehead atoms. The minimum absolute atomic E-state index is 0.228. The van der Waals surface area contributed by atoms with E-state index in [1.807, 2.05) is 6.92 Å². The van der Waals surface area contributed by atoms with Crippen molar-refractivity contribution < 1.29 is 23.9 Å². The van der Waals surface area contributed by atoms with Crippen LogP contribution in [0.2, 0.25) is 0 Å². The normalized spacial score (nSPS) is 12.9. The topological polar surface area (TPSA) is 97.8 Å². The van der Waals surface area contributed by atoms with Gasteiger partial charge in [-0.15, -0.1) is 0 Å². The number of pyridine rings is 1. The zero-order valence-corrected chi connectivity index (χ0v) is 15.7. The highest BCUT2D eigenvalue weighted by Gasteiger charge is 2.35. The molecule has 0 fully saturated rings. The summed E-state index contributed by atoms with van der Waals surface area (Å²) in [6, 6.07) is 7.83. The summed E-state index contributed by atoms with van der Waals surface area (Å²) in [7, 11) is 1.56. The standard InChI is InChI=1S/C20H21N3O5/c1-3-28-18-16(6-4-9-21-18)22-17(24)13-7-8-14-15(12-13)20(26)23(19(14)25)10-5-11-27-2/h4,6-9,12H,3,5,10-11H2,1-2H3,(H,22,24). The van der Waals surface area contributed by atoms with Crippen molar-refractivity contribution in [3.8, 4) is 5.88 Å². The Bertz CT molecular complexity index is 912. The van der Waals surface area contributed by atoms with Gasteiger partial charge < -0.3 is 14.8 Å². The first-order valence-corrected chi connectivity index (χ1v) is 8.95. The van der Waals surface area contributed by atoms with Crippen LogP contribution < -0.4 is 10.1 Å². The quantitative estimate of drug-likeness (QED) is 0.555. The van der Waals surface area contributed by atoms with Gasteiger partial charge in [-0.25, -0.2) is 4.98 Å². The van der Waals surface area contributed by atoms with Gasteiger partial charge in [0.1, 0.15) is 5.69 Å². The number of aromatic nitrogens is 1. The van der Waals surface area contributed by atoms with Gasteiger partial charge in [0.2, 0.25) is 5.88 Å². The molecule has 0 unspecified atom stereocenters. The van der Waals surface area contributed by atoms with Gasteiger partial charge in [-0.2, -0.15) is 0 Å². The monoisotopic (exact) mass is 383 g/mol. The number of imide groups is 1. The molecule has 1 aliphatic rings. The first-order chi connectivity index (χ1) is 13.6. The predicted octanol–water partition coefficient (Wildman–Crippen LogP) is 2.37. The van der Waals surface area contributed by atoms with Crippen LogP contribution in [0.3, 0.4) is 0 Å². The Balaban J connectivity index is 1.79. The summed E-state index contributed by atoms with van der Waals surface area (Å²) in [6.45, 7) is 2.96. The van der Waals surface area contributed by atoms with E-state index in [-0.39, 0.29) is 23.6 Å². The largest absolute Gasteiger partial charge is 0.476 e. The summed E-state index contributed by atoms with van der Waals surface area (Å²) in [4.78, 5) is 42.9. The van der Waals surface area contributed by atoms with Gasteiger partial charge in [0.15, 0.2) is 0 Å². The third-order valence-electron chi connectivity index (χ3n) is 4.26. The molecule has 0 aliphatic carbocycles. The highest BCUT2D eigenvalue weighted by atomic mass is 16.5. The number of benzene rings is 1. The summed E-state index contributed by atoms with van der Waals surface area (Å²) in [6.07, 6.45) is 2.12. The summed E-state index contributed by atoms with van der Waals surface area (Å²) >= 11 is 0. The third-order valence-corrected chi connectivity index (χ3v) is 4.26. The lowest BCUT2D eigenvalue weighted by Gasteiger charge is -2.12. The van der Waals surface area contributed by atoms with E-state index in [2.05, 4.69) is 10.3 Å². The zero-order chi connectivity index (χ0) is 20.1. The first-order valence-electron chi connectivity index (χ1n) is 8.95. The first kappa shape index (κ1) is 19.5. The number of nitrogens with one attached hydrogen (secondary N) is 1. The summed E-state index contributed by atoms with van der Waals surface area (Å²) in [5, 5.41) is 2.73. The zero-order valence-electron chi connectivity index (χ0n) is 15.7. The number of carbonyl (C=O) groups excluding carboxylic acids is 3. The fourth-order valence-electron chi connectivity index (χ4n) is 2.93. The maximum atomic E-state index is 12.6. The Morgan fingerprint density at radius 1 is 1.18 bits per heavy atom. The molecule has 3 amide bonds. The summed E-state index contributed by atoms with van der Waals surface area (Å²) in [5.74, 6) is -0.860. The Morgan fingerprint density at radius 2 is 1.96 bits per heavy atom. The molecule has 0 saturated carbocycles. The van der Waals surface area contributed by atoms with Gasteiger partial charge in [-0.3, -0.25) is 19.3 Å². The molecule has 8 nitrogen and oxygen atoms in total. The van der Waals surface area contributed by atoms with Crippen LogP contribution in [0.25, 0.3) is 0 Å². The molecule has 1 N–H and O–H groups in total. The van der Waals surface area contributed by atoms with Crippen LogP contribution in [0.1, 0.15) is 44.4 Å². The molecular formula is C20H21N3O5. The van der Waals surface area contributed by atoms with E-state index in [9.17, 15) is 14.4 Å². The number of rotatable bonds is 8. The molecule has 0 atom stereocenters. The molecule has 0 radical (unpaired) electrons. The highest BCUT2D eigenvalue weighted by Crippen LogP contribution is 2.26. The van der Waals surface area contributed by atoms with Crippen LogP contribution in [-0.2, 0) is 4.74 Å². The van der Waals surface area contributed by atoms with E-state index in [1.165, 1.54) is 23.1 Å². The van der Waals surface area contributed by atoms with Crippen molar-refractivity contribution in [3.05, 3.63) is 53.2 Å². The van der Waals surface area contributed by atoms with Gasteiger partial charge in [-0.05, 0) is 43.7 Å². The number of amides is 3. The number of ether oxygens (including phenoxy) is 2. The van der Waals surface area contributed by atoms with Gasteiger partial charge in [0, 0.05) is 32.0 Å². The van der Waals surface area contributed by atoms with Crippen LogP contribution >= 0.6 is 0 Å². The molecule has 1 aliphatic heterocycles. The molecular weight excluding hydrogens is 362 g/mol. The van der Waals surface area contributed by atoms with E-state index < -0.39 is 11.8 Å². The van der Waals surface area contributed by atoms with Crippen molar-refractivity contribution in [3.63, 3.8) is 0 Å². The van der Waals surface area contributed by atoms with E-state index in [1.54, 1.807) is 25.4 Å². The minimum Gasteiger partial charge on any atom is -0.476 e. The number of carbonyl (C=O) groups is 3. The number of fused-ring (bicyclic) bond motifs is 1. The molecule has 146 valence electrons. The molecule has 1 aromatic heterocycles. The molecule has 28 heavy (non-hydrogen) atoms. The number of nitrogens with zero attached hydrogens (tertiary/aromatic N) is 2. The Kier molecular flexibility index (Phi) is 6.00. The van der Waals surface area contributed by atoms with Crippen molar-refractivity contribution >= 4 is 23.4 Å². The molecule has 2 aromatic rings. The van der Waals surface area contributed by atoms with Crippen molar-refractivity contribution in [2.75, 3.05) is 32.2 Å². The van der Waals surface area contributed by atoms with Crippen LogP contribution in [0, 0.1) is 0 Å². The summed E-state index contributed by atoms with van der Waals surface area (Å²) < 4.78 is 10.4. The Morgan fingerprint density at radius 3 is 2.71 bits per heavy atom. The van der Waals surface area contributed by atoms with E-state index in [0.717, 1.165) is 0 Å². The smallest absolute Gasteiger partial charge is 0.261 e. The average molecular weight is 383 g/mol. The second-order valence-corrected chi connectivity index (χ2v) is 6.11. The SMILES string of the molecule is CCOc1ncccc1NC(=O)c1ccc2c(c1)C(=O)N(CCCOC)C2=O.